The third-order valence-electron chi connectivity index (χ3n) is 2.26. The van der Waals surface area contributed by atoms with E-state index in [2.05, 4.69) is 5.32 Å². The highest BCUT2D eigenvalue weighted by Gasteiger charge is 2.19. The van der Waals surface area contributed by atoms with Crippen molar-refractivity contribution in [2.24, 2.45) is 5.73 Å². The van der Waals surface area contributed by atoms with Gasteiger partial charge in [0.1, 0.15) is 5.69 Å². The molecular weight excluding hydrogens is 260 g/mol. The molecule has 1 aromatic carbocycles. The van der Waals surface area contributed by atoms with Crippen molar-refractivity contribution in [1.29, 1.82) is 0 Å². The van der Waals surface area contributed by atoms with Crippen molar-refractivity contribution < 1.29 is 9.72 Å². The number of amides is 1. The summed E-state index contributed by atoms with van der Waals surface area (Å²) in [5.41, 5.74) is 10.6. The summed E-state index contributed by atoms with van der Waals surface area (Å²) in [4.78, 5) is 21.8. The average molecular weight is 275 g/mol. The van der Waals surface area contributed by atoms with Gasteiger partial charge in [-0.1, -0.05) is 6.07 Å². The van der Waals surface area contributed by atoms with Crippen molar-refractivity contribution in [3.8, 4) is 0 Å². The number of nitrogens with zero attached hydrogens (tertiary/aromatic N) is 1. The van der Waals surface area contributed by atoms with E-state index in [0.717, 1.165) is 0 Å². The maximum absolute atomic E-state index is 11.7. The summed E-state index contributed by atoms with van der Waals surface area (Å²) in [6, 6.07) is 3.87. The van der Waals surface area contributed by atoms with Gasteiger partial charge in [0.25, 0.3) is 11.6 Å². The van der Waals surface area contributed by atoms with Crippen LogP contribution < -0.4 is 16.8 Å². The number of rotatable bonds is 4. The van der Waals surface area contributed by atoms with Crippen LogP contribution >= 0.6 is 12.4 Å². The van der Waals surface area contributed by atoms with E-state index in [4.69, 9.17) is 11.5 Å². The minimum Gasteiger partial charge on any atom is -0.393 e. The number of para-hydroxylation sites is 1. The van der Waals surface area contributed by atoms with Gasteiger partial charge in [0.05, 0.1) is 10.5 Å². The second kappa shape index (κ2) is 6.77. The molecule has 1 amide bonds. The van der Waals surface area contributed by atoms with Gasteiger partial charge in [0, 0.05) is 18.7 Å². The van der Waals surface area contributed by atoms with Gasteiger partial charge in [0.2, 0.25) is 0 Å². The summed E-state index contributed by atoms with van der Waals surface area (Å²) in [6.07, 6.45) is 0. The van der Waals surface area contributed by atoms with Crippen LogP contribution in [0.2, 0.25) is 0 Å². The zero-order chi connectivity index (χ0) is 13.0. The Kier molecular flexibility index (Phi) is 6.07. The predicted octanol–water partition coefficient (Wildman–Crippen LogP) is 0.676. The number of benzene rings is 1. The van der Waals surface area contributed by atoms with Crippen LogP contribution in [-0.4, -0.2) is 23.4 Å². The van der Waals surface area contributed by atoms with Gasteiger partial charge in [-0.3, -0.25) is 14.9 Å². The first kappa shape index (κ1) is 16.1. The smallest absolute Gasteiger partial charge is 0.292 e. The number of halogens is 1. The number of anilines is 1. The molecule has 7 nitrogen and oxygen atoms in total. The normalized spacial score (nSPS) is 11.2. The first-order valence-corrected chi connectivity index (χ1v) is 5.01. The predicted molar refractivity (Wildman–Crippen MR) is 70.7 cm³/mol. The number of nitrogens with one attached hydrogen (secondary N) is 1. The van der Waals surface area contributed by atoms with Gasteiger partial charge in [-0.15, -0.1) is 12.4 Å². The minimum atomic E-state index is -0.627. The Morgan fingerprint density at radius 2 is 2.17 bits per heavy atom. The third-order valence-corrected chi connectivity index (χ3v) is 2.26. The minimum absolute atomic E-state index is 0. The highest BCUT2D eigenvalue weighted by molar-refractivity contribution is 6.01. The van der Waals surface area contributed by atoms with Crippen molar-refractivity contribution >= 4 is 29.7 Å². The number of hydrogen-bond acceptors (Lipinski definition) is 5. The lowest BCUT2D eigenvalue weighted by Gasteiger charge is -2.12. The quantitative estimate of drug-likeness (QED) is 0.423. The van der Waals surface area contributed by atoms with Gasteiger partial charge in [0.15, 0.2) is 0 Å². The van der Waals surface area contributed by atoms with Crippen molar-refractivity contribution in [3.63, 3.8) is 0 Å². The zero-order valence-electron chi connectivity index (χ0n) is 9.75. The van der Waals surface area contributed by atoms with Crippen LogP contribution in [-0.2, 0) is 0 Å². The number of nitrogens with two attached hydrogens (primary N) is 2. The fraction of sp³-hybridized carbons (Fsp3) is 0.300. The lowest BCUT2D eigenvalue weighted by atomic mass is 10.1. The first-order chi connectivity index (χ1) is 7.97. The van der Waals surface area contributed by atoms with Crippen molar-refractivity contribution in [2.75, 3.05) is 12.3 Å². The maximum Gasteiger partial charge on any atom is 0.292 e. The Balaban J connectivity index is 0.00000289. The number of carbonyl (C=O) groups excluding carboxylic acids is 1. The van der Waals surface area contributed by atoms with Crippen LogP contribution in [0.25, 0.3) is 0 Å². The van der Waals surface area contributed by atoms with Gasteiger partial charge < -0.3 is 16.8 Å². The Labute approximate surface area is 110 Å². The molecule has 1 rings (SSSR count). The molecule has 100 valence electrons. The molecule has 0 fully saturated rings. The highest BCUT2D eigenvalue weighted by Crippen LogP contribution is 2.24. The second-order valence-electron chi connectivity index (χ2n) is 3.61. The number of nitro benzene ring substituents is 1. The summed E-state index contributed by atoms with van der Waals surface area (Å²) in [6.45, 7) is 2.01. The number of nitro groups is 1. The van der Waals surface area contributed by atoms with Gasteiger partial charge in [-0.05, 0) is 13.0 Å². The SMILES string of the molecule is C[C@@H](CN)NC(=O)c1cccc([N+](=O)[O-])c1N.Cl. The fourth-order valence-electron chi connectivity index (χ4n) is 1.27. The molecule has 0 aromatic heterocycles. The molecule has 0 aliphatic rings. The lowest BCUT2D eigenvalue weighted by Crippen LogP contribution is -2.38. The molecule has 0 heterocycles. The van der Waals surface area contributed by atoms with E-state index in [1.807, 2.05) is 0 Å². The number of hydrogen-bond donors (Lipinski definition) is 3. The second-order valence-corrected chi connectivity index (χ2v) is 3.61. The van der Waals surface area contributed by atoms with Gasteiger partial charge in [-0.25, -0.2) is 0 Å². The molecule has 0 saturated heterocycles. The van der Waals surface area contributed by atoms with Gasteiger partial charge >= 0.3 is 0 Å². The van der Waals surface area contributed by atoms with Crippen molar-refractivity contribution in [2.45, 2.75) is 13.0 Å². The Morgan fingerprint density at radius 3 is 2.67 bits per heavy atom. The van der Waals surface area contributed by atoms with Crippen LogP contribution in [0.4, 0.5) is 11.4 Å². The largest absolute Gasteiger partial charge is 0.393 e. The summed E-state index contributed by atoms with van der Waals surface area (Å²) in [7, 11) is 0. The van der Waals surface area contributed by atoms with Crippen LogP contribution in [0.15, 0.2) is 18.2 Å². The molecule has 0 bridgehead atoms. The number of nitrogen functional groups attached to an aromatic ring is 1. The topological polar surface area (TPSA) is 124 Å². The Hall–Kier alpha value is -1.86. The molecular formula is C10H15ClN4O3. The molecule has 0 radical (unpaired) electrons. The third kappa shape index (κ3) is 3.57. The molecule has 0 saturated carbocycles. The average Bonchev–Trinajstić information content (AvgIpc) is 2.28. The summed E-state index contributed by atoms with van der Waals surface area (Å²) in [5.74, 6) is -0.468. The standard InChI is InChI=1S/C10H14N4O3.ClH/c1-6(5-11)13-10(15)7-3-2-4-8(9(7)12)14(16)17;/h2-4,6H,5,11-12H2,1H3,(H,13,15);1H/t6-;/m0./s1. The maximum atomic E-state index is 11.7. The molecule has 0 aliphatic heterocycles. The molecule has 8 heteroatoms. The molecule has 1 atom stereocenters. The molecule has 18 heavy (non-hydrogen) atoms. The summed E-state index contributed by atoms with van der Waals surface area (Å²) >= 11 is 0. The first-order valence-electron chi connectivity index (χ1n) is 5.01. The molecule has 1 aromatic rings. The van der Waals surface area contributed by atoms with Crippen LogP contribution in [0.3, 0.4) is 0 Å². The lowest BCUT2D eigenvalue weighted by molar-refractivity contribution is -0.383. The fourth-order valence-corrected chi connectivity index (χ4v) is 1.27. The zero-order valence-corrected chi connectivity index (χ0v) is 10.6. The highest BCUT2D eigenvalue weighted by atomic mass is 35.5. The molecule has 0 spiro atoms. The Bertz CT molecular complexity index is 453. The van der Waals surface area contributed by atoms with Crippen LogP contribution in [0, 0.1) is 10.1 Å². The van der Waals surface area contributed by atoms with Crippen molar-refractivity contribution in [3.05, 3.63) is 33.9 Å². The van der Waals surface area contributed by atoms with E-state index >= 15 is 0 Å². The van der Waals surface area contributed by atoms with Gasteiger partial charge in [-0.2, -0.15) is 0 Å². The van der Waals surface area contributed by atoms with E-state index in [-0.39, 0.29) is 41.9 Å². The van der Waals surface area contributed by atoms with Crippen LogP contribution in [0.5, 0.6) is 0 Å². The van der Waals surface area contributed by atoms with Crippen molar-refractivity contribution in [1.82, 2.24) is 5.32 Å². The monoisotopic (exact) mass is 274 g/mol. The molecule has 0 aliphatic carbocycles. The molecule has 5 N–H and O–H groups in total. The summed E-state index contributed by atoms with van der Waals surface area (Å²) in [5, 5.41) is 13.2. The van der Waals surface area contributed by atoms with E-state index in [0.29, 0.717) is 0 Å². The number of carbonyl (C=O) groups is 1. The Morgan fingerprint density at radius 1 is 1.56 bits per heavy atom. The van der Waals surface area contributed by atoms with Crippen LogP contribution in [0.1, 0.15) is 17.3 Å². The van der Waals surface area contributed by atoms with E-state index in [1.54, 1.807) is 6.92 Å². The van der Waals surface area contributed by atoms with E-state index in [9.17, 15) is 14.9 Å². The molecule has 0 unspecified atom stereocenters. The van der Waals surface area contributed by atoms with E-state index in [1.165, 1.54) is 18.2 Å². The summed E-state index contributed by atoms with van der Waals surface area (Å²) < 4.78 is 0. The van der Waals surface area contributed by atoms with E-state index < -0.39 is 10.8 Å².